The maximum Gasteiger partial charge on any atom is 0.410 e. The number of amides is 1. The maximum atomic E-state index is 13.6. The number of nitrogens with zero attached hydrogens (tertiary/aromatic N) is 5. The molecule has 0 atom stereocenters. The van der Waals surface area contributed by atoms with Crippen LogP contribution in [0.4, 0.5) is 18.0 Å². The highest BCUT2D eigenvalue weighted by atomic mass is 35.5. The minimum absolute atomic E-state index is 0.00593. The van der Waals surface area contributed by atoms with Crippen LogP contribution in [0.25, 0.3) is 21.9 Å². The summed E-state index contributed by atoms with van der Waals surface area (Å²) in [7, 11) is -4.21. The third-order valence-corrected chi connectivity index (χ3v) is 9.20. The Balaban J connectivity index is 1.61. The quantitative estimate of drug-likeness (QED) is 0.384. The number of hydrogen-bond acceptors (Lipinski definition) is 8. The molecule has 1 aliphatic carbocycles. The van der Waals surface area contributed by atoms with Gasteiger partial charge in [-0.1, -0.05) is 29.0 Å². The smallest absolute Gasteiger partial charge is 0.410 e. The molecule has 40 heavy (non-hydrogen) atoms. The van der Waals surface area contributed by atoms with Crippen LogP contribution in [0.1, 0.15) is 57.0 Å². The zero-order valence-electron chi connectivity index (χ0n) is 21.7. The highest BCUT2D eigenvalue weighted by Crippen LogP contribution is 2.40. The van der Waals surface area contributed by atoms with Gasteiger partial charge >= 0.3 is 6.09 Å². The first-order chi connectivity index (χ1) is 18.7. The molecule has 1 N–H and O–H groups in total. The molecule has 0 unspecified atom stereocenters. The number of carbonyl (C=O) groups is 1. The number of imidazole rings is 1. The number of aromatic nitrogens is 4. The summed E-state index contributed by atoms with van der Waals surface area (Å²) in [4.78, 5) is 18.2. The van der Waals surface area contributed by atoms with Crippen molar-refractivity contribution in [2.45, 2.75) is 62.5 Å². The van der Waals surface area contributed by atoms with E-state index in [0.29, 0.717) is 53.8 Å². The van der Waals surface area contributed by atoms with E-state index in [2.05, 4.69) is 19.9 Å². The minimum atomic E-state index is -4.21. The minimum Gasteiger partial charge on any atom is -0.444 e. The SMILES string of the molecule is CC(C)(C)OC(=O)N1CC=C(c2cc(S(=O)(=O)NC3(CF)CC3)cn3c(-c4nnc(C(F)F)s4)nc(Cl)c23)CC1. The van der Waals surface area contributed by atoms with Crippen molar-refractivity contribution in [2.24, 2.45) is 0 Å². The van der Waals surface area contributed by atoms with Crippen molar-refractivity contribution in [1.29, 1.82) is 0 Å². The largest absolute Gasteiger partial charge is 0.444 e. The zero-order chi connectivity index (χ0) is 29.0. The molecule has 4 heterocycles. The molecule has 3 aromatic heterocycles. The summed E-state index contributed by atoms with van der Waals surface area (Å²) in [6, 6.07) is 1.42. The van der Waals surface area contributed by atoms with E-state index in [-0.39, 0.29) is 27.4 Å². The number of pyridine rings is 1. The van der Waals surface area contributed by atoms with Crippen LogP contribution in [0.5, 0.6) is 0 Å². The summed E-state index contributed by atoms with van der Waals surface area (Å²) in [6.45, 7) is 4.94. The van der Waals surface area contributed by atoms with Crippen molar-refractivity contribution in [3.05, 3.63) is 34.1 Å². The average Bonchev–Trinajstić information content (AvgIpc) is 3.31. The molecule has 16 heteroatoms. The number of ether oxygens (including phenoxy) is 1. The summed E-state index contributed by atoms with van der Waals surface area (Å²) in [5.74, 6) is 0.0288. The Hall–Kier alpha value is -2.75. The zero-order valence-corrected chi connectivity index (χ0v) is 24.1. The van der Waals surface area contributed by atoms with Crippen molar-refractivity contribution in [3.63, 3.8) is 0 Å². The Morgan fingerprint density at radius 1 is 1.30 bits per heavy atom. The van der Waals surface area contributed by atoms with Crippen molar-refractivity contribution in [3.8, 4) is 10.8 Å². The second-order valence-corrected chi connectivity index (χ2v) is 13.8. The van der Waals surface area contributed by atoms with E-state index in [1.165, 1.54) is 21.6 Å². The highest BCUT2D eigenvalue weighted by Gasteiger charge is 2.46. The fourth-order valence-electron chi connectivity index (χ4n) is 4.27. The van der Waals surface area contributed by atoms with Gasteiger partial charge in [-0.15, -0.1) is 10.2 Å². The molecule has 1 aliphatic heterocycles. The lowest BCUT2D eigenvalue weighted by Crippen LogP contribution is -2.39. The molecule has 0 radical (unpaired) electrons. The van der Waals surface area contributed by atoms with Crippen LogP contribution < -0.4 is 4.72 Å². The Labute approximate surface area is 237 Å². The molecule has 1 amide bonds. The van der Waals surface area contributed by atoms with Gasteiger partial charge in [0.2, 0.25) is 10.0 Å². The summed E-state index contributed by atoms with van der Waals surface area (Å²) in [5.41, 5.74) is -0.385. The standard InChI is InChI=1S/C24H26ClF3N6O4S2/c1-23(2,3)38-22(35)33-8-4-13(5-9-33)15-10-14(40(36,37)32-24(12-26)6-7-24)11-34-16(15)17(25)29-19(34)21-31-30-20(39-21)18(27)28/h4,10-11,18,32H,5-9,12H2,1-3H3. The lowest BCUT2D eigenvalue weighted by Gasteiger charge is -2.30. The summed E-state index contributed by atoms with van der Waals surface area (Å²) < 4.78 is 76.0. The molecule has 0 saturated heterocycles. The molecular formula is C24H26ClF3N6O4S2. The van der Waals surface area contributed by atoms with Gasteiger partial charge in [-0.3, -0.25) is 4.40 Å². The van der Waals surface area contributed by atoms with Gasteiger partial charge in [0.15, 0.2) is 21.0 Å². The summed E-state index contributed by atoms with van der Waals surface area (Å²) in [6.07, 6.45) is 0.762. The molecule has 0 bridgehead atoms. The summed E-state index contributed by atoms with van der Waals surface area (Å²) >= 11 is 7.14. The molecule has 3 aromatic rings. The number of nitrogens with one attached hydrogen (secondary N) is 1. The van der Waals surface area contributed by atoms with Crippen LogP contribution in [-0.2, 0) is 14.8 Å². The molecule has 216 valence electrons. The topological polar surface area (TPSA) is 119 Å². The fraction of sp³-hybridized carbons (Fsp3) is 0.500. The molecule has 1 fully saturated rings. The number of halogens is 4. The van der Waals surface area contributed by atoms with Gasteiger partial charge in [0.05, 0.1) is 16.0 Å². The monoisotopic (exact) mass is 618 g/mol. The first kappa shape index (κ1) is 28.8. The lowest BCUT2D eigenvalue weighted by atomic mass is 9.99. The third-order valence-electron chi connectivity index (χ3n) is 6.46. The van der Waals surface area contributed by atoms with Crippen LogP contribution in [0.15, 0.2) is 23.2 Å². The Bertz CT molecular complexity index is 1610. The van der Waals surface area contributed by atoms with Crippen molar-refractivity contribution in [2.75, 3.05) is 19.8 Å². The molecule has 2 aliphatic rings. The number of sulfonamides is 1. The van der Waals surface area contributed by atoms with Crippen LogP contribution >= 0.6 is 22.9 Å². The summed E-state index contributed by atoms with van der Waals surface area (Å²) in [5, 5.41) is 6.79. The first-order valence-electron chi connectivity index (χ1n) is 12.3. The van der Waals surface area contributed by atoms with Gasteiger partial charge in [-0.2, -0.15) is 0 Å². The van der Waals surface area contributed by atoms with E-state index >= 15 is 0 Å². The first-order valence-corrected chi connectivity index (χ1v) is 15.0. The molecule has 0 spiro atoms. The predicted molar refractivity (Wildman–Crippen MR) is 143 cm³/mol. The van der Waals surface area contributed by atoms with E-state index in [1.54, 1.807) is 26.8 Å². The van der Waals surface area contributed by atoms with E-state index in [9.17, 15) is 26.4 Å². The highest BCUT2D eigenvalue weighted by molar-refractivity contribution is 7.89. The number of carbonyl (C=O) groups excluding carboxylic acids is 1. The van der Waals surface area contributed by atoms with Gasteiger partial charge in [0.1, 0.15) is 12.3 Å². The van der Waals surface area contributed by atoms with Gasteiger partial charge in [0.25, 0.3) is 6.43 Å². The molecule has 1 saturated carbocycles. The number of hydrogen-bond donors (Lipinski definition) is 1. The van der Waals surface area contributed by atoms with Crippen LogP contribution in [0, 0.1) is 0 Å². The molecule has 0 aromatic carbocycles. The van der Waals surface area contributed by atoms with Gasteiger partial charge in [0, 0.05) is 24.8 Å². The van der Waals surface area contributed by atoms with E-state index in [0.717, 1.165) is 0 Å². The van der Waals surface area contributed by atoms with Crippen molar-refractivity contribution in [1.82, 2.24) is 29.2 Å². The van der Waals surface area contributed by atoms with Crippen molar-refractivity contribution < 1.29 is 31.1 Å². The average molecular weight is 619 g/mol. The lowest BCUT2D eigenvalue weighted by molar-refractivity contribution is 0.0270. The Morgan fingerprint density at radius 2 is 2.02 bits per heavy atom. The second kappa shape index (κ2) is 10.3. The molecule has 5 rings (SSSR count). The Kier molecular flexibility index (Phi) is 7.38. The van der Waals surface area contributed by atoms with Crippen LogP contribution in [0.3, 0.4) is 0 Å². The van der Waals surface area contributed by atoms with Gasteiger partial charge in [-0.05, 0) is 51.7 Å². The van der Waals surface area contributed by atoms with Crippen LogP contribution in [-0.4, -0.2) is 69.9 Å². The van der Waals surface area contributed by atoms with Crippen molar-refractivity contribution >= 4 is 50.1 Å². The number of rotatable bonds is 7. The molecular weight excluding hydrogens is 593 g/mol. The van der Waals surface area contributed by atoms with Gasteiger partial charge in [-0.25, -0.2) is 36.1 Å². The van der Waals surface area contributed by atoms with E-state index < -0.39 is 45.4 Å². The van der Waals surface area contributed by atoms with E-state index in [1.807, 2.05) is 0 Å². The van der Waals surface area contributed by atoms with Crippen LogP contribution in [0.2, 0.25) is 5.15 Å². The normalized spacial score (nSPS) is 17.4. The predicted octanol–water partition coefficient (Wildman–Crippen LogP) is 5.25. The van der Waals surface area contributed by atoms with E-state index in [4.69, 9.17) is 16.3 Å². The Morgan fingerprint density at radius 3 is 2.58 bits per heavy atom. The van der Waals surface area contributed by atoms with Gasteiger partial charge < -0.3 is 9.64 Å². The number of alkyl halides is 3. The maximum absolute atomic E-state index is 13.6. The third kappa shape index (κ3) is 5.69. The number of fused-ring (bicyclic) bond motifs is 1. The molecule has 10 nitrogen and oxygen atoms in total. The fourth-order valence-corrected chi connectivity index (χ4v) is 6.69. The second-order valence-electron chi connectivity index (χ2n) is 10.7.